The summed E-state index contributed by atoms with van der Waals surface area (Å²) in [6.07, 6.45) is -1.53. The van der Waals surface area contributed by atoms with E-state index in [9.17, 15) is 38.7 Å². The fourth-order valence-electron chi connectivity index (χ4n) is 5.18. The first-order chi connectivity index (χ1) is 22.7. The van der Waals surface area contributed by atoms with Crippen LogP contribution in [0.3, 0.4) is 0 Å². The van der Waals surface area contributed by atoms with Gasteiger partial charge in [-0.1, -0.05) is 64.4 Å². The van der Waals surface area contributed by atoms with Crippen LogP contribution in [-0.4, -0.2) is 113 Å². The highest BCUT2D eigenvalue weighted by Crippen LogP contribution is 2.27. The van der Waals surface area contributed by atoms with Gasteiger partial charge in [-0.15, -0.1) is 0 Å². The standard InChI is InChI=1S/C34H52N6O9/c1-10-14-22(26(43)29(45)35-18-24(42)37-25(30(46)39(8)9)20-15-12-11-13-16-20)36-28(44)23-17-21(41)19-40(23)31(47)27(33(2,3)4)38-32(48)49-34(5,6)7/h11-13,15-16,21-23,25,27,41H,10,14,17-19H2,1-9H3,(H,35,45)(H,36,44)(H,37,42)(H,38,48)/t21?,22?,23-,25?,27?/m0/s1. The summed E-state index contributed by atoms with van der Waals surface area (Å²) in [6, 6.07) is 3.90. The van der Waals surface area contributed by atoms with Crippen LogP contribution in [0.25, 0.3) is 0 Å². The molecule has 1 aromatic rings. The number of β-amino-alcohol motifs (C(OH)–C–C–N with tert-alkyl or cyclic N) is 1. The van der Waals surface area contributed by atoms with Gasteiger partial charge < -0.3 is 40.9 Å². The number of nitrogens with zero attached hydrogens (tertiary/aromatic N) is 2. The Bertz CT molecular complexity index is 1370. The summed E-state index contributed by atoms with van der Waals surface area (Å²) in [5, 5.41) is 20.4. The summed E-state index contributed by atoms with van der Waals surface area (Å²) in [5.74, 6) is -4.64. The number of carbonyl (C=O) groups excluding carboxylic acids is 7. The van der Waals surface area contributed by atoms with E-state index >= 15 is 0 Å². The molecule has 1 saturated heterocycles. The van der Waals surface area contributed by atoms with Gasteiger partial charge in [0.05, 0.1) is 18.7 Å². The van der Waals surface area contributed by atoms with Crippen LogP contribution in [-0.2, 0) is 33.5 Å². The van der Waals surface area contributed by atoms with Crippen molar-refractivity contribution in [3.05, 3.63) is 35.9 Å². The number of ether oxygens (including phenoxy) is 1. The monoisotopic (exact) mass is 688 g/mol. The summed E-state index contributed by atoms with van der Waals surface area (Å²) in [5.41, 5.74) is -1.11. The second kappa shape index (κ2) is 17.2. The Morgan fingerprint density at radius 2 is 1.57 bits per heavy atom. The molecule has 0 aliphatic carbocycles. The van der Waals surface area contributed by atoms with E-state index in [-0.39, 0.29) is 19.4 Å². The molecule has 0 saturated carbocycles. The van der Waals surface area contributed by atoms with Gasteiger partial charge >= 0.3 is 6.09 Å². The number of rotatable bonds is 13. The van der Waals surface area contributed by atoms with Crippen molar-refractivity contribution < 1.29 is 43.4 Å². The van der Waals surface area contributed by atoms with Crippen LogP contribution in [0.4, 0.5) is 4.79 Å². The number of aliphatic hydroxyl groups excluding tert-OH is 1. The predicted octanol–water partition coefficient (Wildman–Crippen LogP) is 0.804. The lowest BCUT2D eigenvalue weighted by molar-refractivity contribution is -0.144. The molecule has 0 aromatic heterocycles. The van der Waals surface area contributed by atoms with Crippen LogP contribution < -0.4 is 21.3 Å². The van der Waals surface area contributed by atoms with Crippen LogP contribution >= 0.6 is 0 Å². The number of benzene rings is 1. The third-order valence-corrected chi connectivity index (χ3v) is 7.61. The smallest absolute Gasteiger partial charge is 0.408 e. The van der Waals surface area contributed by atoms with E-state index in [2.05, 4.69) is 21.3 Å². The van der Waals surface area contributed by atoms with E-state index in [0.29, 0.717) is 12.0 Å². The van der Waals surface area contributed by atoms with E-state index in [1.165, 1.54) is 19.0 Å². The first-order valence-corrected chi connectivity index (χ1v) is 16.3. The SMILES string of the molecule is CCCC(NC(=O)[C@@H]1CC(O)CN1C(=O)C(NC(=O)OC(C)(C)C)C(C)(C)C)C(=O)C(=O)NCC(=O)NC(C(=O)N(C)C)c1ccccc1. The molecule has 1 aliphatic rings. The highest BCUT2D eigenvalue weighted by Gasteiger charge is 2.45. The minimum Gasteiger partial charge on any atom is -0.444 e. The maximum Gasteiger partial charge on any atom is 0.408 e. The molecule has 1 aromatic carbocycles. The maximum atomic E-state index is 13.8. The largest absolute Gasteiger partial charge is 0.444 e. The number of hydrogen-bond donors (Lipinski definition) is 5. The lowest BCUT2D eigenvalue weighted by atomic mass is 9.85. The van der Waals surface area contributed by atoms with E-state index in [1.54, 1.807) is 78.8 Å². The van der Waals surface area contributed by atoms with Crippen molar-refractivity contribution in [2.24, 2.45) is 5.41 Å². The van der Waals surface area contributed by atoms with Crippen LogP contribution in [0.2, 0.25) is 0 Å². The van der Waals surface area contributed by atoms with E-state index in [1.807, 2.05) is 0 Å². The van der Waals surface area contributed by atoms with Gasteiger partial charge in [0.2, 0.25) is 29.4 Å². The Kier molecular flexibility index (Phi) is 14.3. The molecule has 1 aliphatic heterocycles. The third-order valence-electron chi connectivity index (χ3n) is 7.61. The Hall–Kier alpha value is -4.53. The zero-order valence-corrected chi connectivity index (χ0v) is 29.9. The summed E-state index contributed by atoms with van der Waals surface area (Å²) in [4.78, 5) is 93.9. The molecule has 1 fully saturated rings. The van der Waals surface area contributed by atoms with Crippen molar-refractivity contribution in [2.75, 3.05) is 27.2 Å². The first-order valence-electron chi connectivity index (χ1n) is 16.3. The van der Waals surface area contributed by atoms with E-state index in [4.69, 9.17) is 4.74 Å². The van der Waals surface area contributed by atoms with Gasteiger partial charge in [0.1, 0.15) is 23.7 Å². The normalized spacial score (nSPS) is 18.0. The molecule has 15 heteroatoms. The molecule has 4 unspecified atom stereocenters. The van der Waals surface area contributed by atoms with Gasteiger partial charge in [-0.3, -0.25) is 28.8 Å². The van der Waals surface area contributed by atoms with Crippen molar-refractivity contribution in [3.63, 3.8) is 0 Å². The molecule has 272 valence electrons. The minimum absolute atomic E-state index is 0.0750. The Morgan fingerprint density at radius 3 is 2.10 bits per heavy atom. The zero-order valence-electron chi connectivity index (χ0n) is 29.9. The number of hydrogen-bond acceptors (Lipinski definition) is 9. The van der Waals surface area contributed by atoms with Crippen molar-refractivity contribution in [2.45, 2.75) is 104 Å². The summed E-state index contributed by atoms with van der Waals surface area (Å²) in [6.45, 7) is 11.2. The number of likely N-dealkylation sites (N-methyl/N-ethyl adjacent to an activating group) is 1. The molecule has 2 rings (SSSR count). The number of ketones is 1. The molecule has 6 amide bonds. The molecule has 0 radical (unpaired) electrons. The van der Waals surface area contributed by atoms with Crippen LogP contribution in [0.1, 0.15) is 79.3 Å². The molecule has 15 nitrogen and oxygen atoms in total. The van der Waals surface area contributed by atoms with Crippen molar-refractivity contribution in [3.8, 4) is 0 Å². The van der Waals surface area contributed by atoms with Gasteiger partial charge in [0, 0.05) is 27.1 Å². The lowest BCUT2D eigenvalue weighted by Gasteiger charge is -2.35. The molecule has 1 heterocycles. The summed E-state index contributed by atoms with van der Waals surface area (Å²) in [7, 11) is 3.08. The molecular weight excluding hydrogens is 636 g/mol. The third kappa shape index (κ3) is 12.1. The second-order valence-corrected chi connectivity index (χ2v) is 14.4. The summed E-state index contributed by atoms with van der Waals surface area (Å²) < 4.78 is 5.33. The fourth-order valence-corrected chi connectivity index (χ4v) is 5.18. The molecule has 5 atom stereocenters. The number of nitrogens with one attached hydrogen (secondary N) is 4. The first kappa shape index (κ1) is 40.6. The Morgan fingerprint density at radius 1 is 0.959 bits per heavy atom. The van der Waals surface area contributed by atoms with Gasteiger partial charge in [-0.05, 0) is 38.2 Å². The van der Waals surface area contributed by atoms with Crippen molar-refractivity contribution in [1.82, 2.24) is 31.1 Å². The summed E-state index contributed by atoms with van der Waals surface area (Å²) >= 11 is 0. The van der Waals surface area contributed by atoms with Crippen LogP contribution in [0.15, 0.2) is 30.3 Å². The van der Waals surface area contributed by atoms with E-state index in [0.717, 1.165) is 4.90 Å². The second-order valence-electron chi connectivity index (χ2n) is 14.4. The average molecular weight is 689 g/mol. The lowest BCUT2D eigenvalue weighted by Crippen LogP contribution is -2.59. The van der Waals surface area contributed by atoms with Crippen molar-refractivity contribution in [1.29, 1.82) is 0 Å². The molecule has 49 heavy (non-hydrogen) atoms. The molecular formula is C34H52N6O9. The Labute approximate surface area is 287 Å². The fraction of sp³-hybridized carbons (Fsp3) is 0.618. The zero-order chi connectivity index (χ0) is 37.3. The maximum absolute atomic E-state index is 13.8. The van der Waals surface area contributed by atoms with Crippen LogP contribution in [0, 0.1) is 5.41 Å². The predicted molar refractivity (Wildman–Crippen MR) is 180 cm³/mol. The topological polar surface area (TPSA) is 204 Å². The number of amides is 6. The van der Waals surface area contributed by atoms with Crippen molar-refractivity contribution >= 4 is 41.4 Å². The minimum atomic E-state index is -1.29. The quantitative estimate of drug-likeness (QED) is 0.186. The number of carbonyl (C=O) groups is 7. The highest BCUT2D eigenvalue weighted by atomic mass is 16.6. The molecule has 5 N–H and O–H groups in total. The van der Waals surface area contributed by atoms with Gasteiger partial charge in [-0.2, -0.15) is 0 Å². The van der Waals surface area contributed by atoms with Gasteiger partial charge in [0.15, 0.2) is 0 Å². The number of alkyl carbamates (subject to hydrolysis) is 1. The molecule has 0 spiro atoms. The number of likely N-dealkylation sites (tertiary alicyclic amines) is 1. The number of aliphatic hydroxyl groups is 1. The highest BCUT2D eigenvalue weighted by molar-refractivity contribution is 6.38. The molecule has 0 bridgehead atoms. The average Bonchev–Trinajstić information content (AvgIpc) is 3.40. The van der Waals surface area contributed by atoms with Gasteiger partial charge in [0.25, 0.3) is 5.91 Å². The Balaban J connectivity index is 2.13. The number of Topliss-reactive ketones (excluding diaryl/α,β-unsaturated/α-hetero) is 1. The van der Waals surface area contributed by atoms with Crippen LogP contribution in [0.5, 0.6) is 0 Å². The van der Waals surface area contributed by atoms with E-state index < -0.39 is 89.2 Å². The van der Waals surface area contributed by atoms with Gasteiger partial charge in [-0.25, -0.2) is 4.79 Å².